The molecule has 2 saturated carbocycles. The molecule has 0 bridgehead atoms. The van der Waals surface area contributed by atoms with Crippen molar-refractivity contribution in [3.8, 4) is 0 Å². The van der Waals surface area contributed by atoms with Crippen LogP contribution in [-0.2, 0) is 16.9 Å². The number of likely N-dealkylation sites (N-methyl/N-ethyl adjacent to an activating group) is 1. The van der Waals surface area contributed by atoms with Gasteiger partial charge in [0.1, 0.15) is 0 Å². The van der Waals surface area contributed by atoms with E-state index in [2.05, 4.69) is 42.2 Å². The Morgan fingerprint density at radius 1 is 1.00 bits per heavy atom. The first-order chi connectivity index (χ1) is 15.6. The molecule has 1 N–H and O–H groups in total. The molecular weight excluding hydrogens is 396 g/mol. The van der Waals surface area contributed by atoms with Crippen molar-refractivity contribution in [3.63, 3.8) is 0 Å². The standard InChI is InChI=1S/C28H36N2O2/c1-2-30(20-26-24-18-29(19-25(24)26)17-21-11-5-3-6-12-21)27(31)28(32,23-15-9-10-16-23)22-13-7-4-8-14-22/h3-8,11-14,23-26,32H,2,9-10,15-20H2,1H3/t24-,25?,26?,28+/m0/s1. The number of carbonyl (C=O) groups is 1. The summed E-state index contributed by atoms with van der Waals surface area (Å²) in [5.41, 5.74) is 0.748. The highest BCUT2D eigenvalue weighted by atomic mass is 16.3. The van der Waals surface area contributed by atoms with E-state index in [0.717, 1.165) is 57.4 Å². The summed E-state index contributed by atoms with van der Waals surface area (Å²) >= 11 is 0. The number of amides is 1. The third-order valence-corrected chi connectivity index (χ3v) is 8.28. The Morgan fingerprint density at radius 2 is 1.59 bits per heavy atom. The molecule has 4 atom stereocenters. The van der Waals surface area contributed by atoms with Crippen LogP contribution in [-0.4, -0.2) is 47.0 Å². The highest BCUT2D eigenvalue weighted by molar-refractivity contribution is 5.87. The Labute approximate surface area is 192 Å². The van der Waals surface area contributed by atoms with E-state index in [4.69, 9.17) is 0 Å². The zero-order valence-corrected chi connectivity index (χ0v) is 19.2. The SMILES string of the molecule is CCN(CC1C2CN(Cc3ccccc3)C[C@@H]21)C(=O)[C@@](O)(c1ccccc1)C1CCCC1. The molecule has 4 heteroatoms. The van der Waals surface area contributed by atoms with Crippen molar-refractivity contribution in [2.45, 2.75) is 44.8 Å². The number of rotatable bonds is 8. The van der Waals surface area contributed by atoms with Gasteiger partial charge in [0.15, 0.2) is 5.60 Å². The van der Waals surface area contributed by atoms with E-state index in [0.29, 0.717) is 24.3 Å². The van der Waals surface area contributed by atoms with Crippen LogP contribution in [0.3, 0.4) is 0 Å². The van der Waals surface area contributed by atoms with Crippen LogP contribution in [0.15, 0.2) is 60.7 Å². The quantitative estimate of drug-likeness (QED) is 0.677. The Morgan fingerprint density at radius 3 is 2.19 bits per heavy atom. The molecule has 5 rings (SSSR count). The maximum Gasteiger partial charge on any atom is 0.259 e. The molecule has 170 valence electrons. The molecule has 32 heavy (non-hydrogen) atoms. The maximum atomic E-state index is 13.8. The third-order valence-electron chi connectivity index (χ3n) is 8.28. The van der Waals surface area contributed by atoms with Crippen LogP contribution < -0.4 is 0 Å². The summed E-state index contributed by atoms with van der Waals surface area (Å²) in [5, 5.41) is 11.9. The topological polar surface area (TPSA) is 43.8 Å². The first-order valence-electron chi connectivity index (χ1n) is 12.4. The number of likely N-dealkylation sites (tertiary alicyclic amines) is 1. The second-order valence-electron chi connectivity index (χ2n) is 10.1. The van der Waals surface area contributed by atoms with E-state index in [1.807, 2.05) is 35.2 Å². The average Bonchev–Trinajstić information content (AvgIpc) is 3.24. The second kappa shape index (κ2) is 8.99. The number of piperidine rings is 1. The van der Waals surface area contributed by atoms with Crippen LogP contribution in [0.2, 0.25) is 0 Å². The van der Waals surface area contributed by atoms with Crippen LogP contribution >= 0.6 is 0 Å². The summed E-state index contributed by atoms with van der Waals surface area (Å²) in [6.45, 7) is 6.77. The molecule has 2 aromatic rings. The van der Waals surface area contributed by atoms with Crippen LogP contribution in [0, 0.1) is 23.7 Å². The molecule has 1 amide bonds. The molecule has 0 spiro atoms. The van der Waals surface area contributed by atoms with Gasteiger partial charge in [-0.15, -0.1) is 0 Å². The number of fused-ring (bicyclic) bond motifs is 1. The van der Waals surface area contributed by atoms with Gasteiger partial charge in [-0.25, -0.2) is 0 Å². The number of benzene rings is 2. The zero-order chi connectivity index (χ0) is 22.1. The van der Waals surface area contributed by atoms with Gasteiger partial charge in [0.25, 0.3) is 5.91 Å². The van der Waals surface area contributed by atoms with E-state index in [9.17, 15) is 9.90 Å². The van der Waals surface area contributed by atoms with Crippen molar-refractivity contribution >= 4 is 5.91 Å². The monoisotopic (exact) mass is 432 g/mol. The van der Waals surface area contributed by atoms with E-state index in [1.54, 1.807) is 0 Å². The Hall–Kier alpha value is -2.17. The van der Waals surface area contributed by atoms with Gasteiger partial charge in [0, 0.05) is 38.6 Å². The smallest absolute Gasteiger partial charge is 0.259 e. The molecule has 1 heterocycles. The molecule has 1 aliphatic heterocycles. The maximum absolute atomic E-state index is 13.8. The fraction of sp³-hybridized carbons (Fsp3) is 0.536. The molecule has 3 fully saturated rings. The van der Waals surface area contributed by atoms with Crippen molar-refractivity contribution in [1.82, 2.24) is 9.80 Å². The van der Waals surface area contributed by atoms with Crippen molar-refractivity contribution in [2.75, 3.05) is 26.2 Å². The first kappa shape index (κ1) is 21.7. The van der Waals surface area contributed by atoms with Gasteiger partial charge >= 0.3 is 0 Å². The molecule has 2 unspecified atom stereocenters. The van der Waals surface area contributed by atoms with E-state index in [1.165, 1.54) is 5.56 Å². The minimum atomic E-state index is -1.39. The van der Waals surface area contributed by atoms with Gasteiger partial charge in [0.2, 0.25) is 0 Å². The molecular formula is C28H36N2O2. The van der Waals surface area contributed by atoms with Gasteiger partial charge in [-0.1, -0.05) is 73.5 Å². The summed E-state index contributed by atoms with van der Waals surface area (Å²) in [7, 11) is 0. The highest BCUT2D eigenvalue weighted by Gasteiger charge is 2.57. The van der Waals surface area contributed by atoms with Crippen LogP contribution in [0.25, 0.3) is 0 Å². The zero-order valence-electron chi connectivity index (χ0n) is 19.2. The fourth-order valence-corrected chi connectivity index (χ4v) is 6.40. The summed E-state index contributed by atoms with van der Waals surface area (Å²) in [5.74, 6) is 1.90. The summed E-state index contributed by atoms with van der Waals surface area (Å²) in [4.78, 5) is 18.3. The van der Waals surface area contributed by atoms with Crippen LogP contribution in [0.5, 0.6) is 0 Å². The molecule has 2 aromatic carbocycles. The Bertz CT molecular complexity index is 900. The van der Waals surface area contributed by atoms with E-state index < -0.39 is 5.60 Å². The van der Waals surface area contributed by atoms with Crippen LogP contribution in [0.4, 0.5) is 0 Å². The molecule has 1 saturated heterocycles. The average molecular weight is 433 g/mol. The Balaban J connectivity index is 1.25. The van der Waals surface area contributed by atoms with Crippen molar-refractivity contribution in [2.24, 2.45) is 23.7 Å². The lowest BCUT2D eigenvalue weighted by Gasteiger charge is -2.38. The lowest BCUT2D eigenvalue weighted by molar-refractivity contribution is -0.159. The van der Waals surface area contributed by atoms with Gasteiger partial charge in [0.05, 0.1) is 0 Å². The highest BCUT2D eigenvalue weighted by Crippen LogP contribution is 2.52. The lowest BCUT2D eigenvalue weighted by Crippen LogP contribution is -2.51. The summed E-state index contributed by atoms with van der Waals surface area (Å²) in [6.07, 6.45) is 4.06. The minimum absolute atomic E-state index is 0.0199. The largest absolute Gasteiger partial charge is 0.375 e. The fourth-order valence-electron chi connectivity index (χ4n) is 6.40. The molecule has 4 nitrogen and oxygen atoms in total. The number of nitrogens with zero attached hydrogens (tertiary/aromatic N) is 2. The van der Waals surface area contributed by atoms with Gasteiger partial charge in [-0.2, -0.15) is 0 Å². The molecule has 3 aliphatic rings. The van der Waals surface area contributed by atoms with Crippen molar-refractivity contribution in [1.29, 1.82) is 0 Å². The predicted molar refractivity (Wildman–Crippen MR) is 127 cm³/mol. The molecule has 0 aromatic heterocycles. The number of hydrogen-bond donors (Lipinski definition) is 1. The van der Waals surface area contributed by atoms with Gasteiger partial charge < -0.3 is 10.0 Å². The normalized spacial score (nSPS) is 27.1. The third kappa shape index (κ3) is 3.99. The van der Waals surface area contributed by atoms with Crippen molar-refractivity contribution in [3.05, 3.63) is 71.8 Å². The number of aliphatic hydroxyl groups is 1. The van der Waals surface area contributed by atoms with Crippen molar-refractivity contribution < 1.29 is 9.90 Å². The van der Waals surface area contributed by atoms with Gasteiger partial charge in [-0.05, 0) is 48.6 Å². The first-order valence-corrected chi connectivity index (χ1v) is 12.4. The second-order valence-corrected chi connectivity index (χ2v) is 10.1. The van der Waals surface area contributed by atoms with E-state index >= 15 is 0 Å². The lowest BCUT2D eigenvalue weighted by atomic mass is 9.79. The number of hydrogen-bond acceptors (Lipinski definition) is 3. The summed E-state index contributed by atoms with van der Waals surface area (Å²) in [6, 6.07) is 20.4. The summed E-state index contributed by atoms with van der Waals surface area (Å²) < 4.78 is 0. The molecule has 0 radical (unpaired) electrons. The predicted octanol–water partition coefficient (Wildman–Crippen LogP) is 4.29. The number of carbonyl (C=O) groups excluding carboxylic acids is 1. The van der Waals surface area contributed by atoms with Crippen LogP contribution in [0.1, 0.15) is 43.7 Å². The molecule has 2 aliphatic carbocycles. The Kier molecular flexibility index (Phi) is 6.09. The van der Waals surface area contributed by atoms with Gasteiger partial charge in [-0.3, -0.25) is 9.69 Å². The minimum Gasteiger partial charge on any atom is -0.375 e. The van der Waals surface area contributed by atoms with E-state index in [-0.39, 0.29) is 11.8 Å².